The molecule has 0 saturated heterocycles. The summed E-state index contributed by atoms with van der Waals surface area (Å²) in [5.41, 5.74) is 10.7. The number of halogens is 2. The molecule has 0 N–H and O–H groups in total. The molecule has 0 radical (unpaired) electrons. The van der Waals surface area contributed by atoms with E-state index < -0.39 is 11.6 Å². The molecule has 0 aliphatic carbocycles. The maximum atomic E-state index is 15.1. The molecule has 8 aromatic carbocycles. The molecule has 5 heteroatoms. The van der Waals surface area contributed by atoms with Crippen LogP contribution in [-0.4, -0.2) is 9.13 Å². The summed E-state index contributed by atoms with van der Waals surface area (Å²) in [5, 5.41) is 15.1. The lowest BCUT2D eigenvalue weighted by atomic mass is 9.98. The fourth-order valence-electron chi connectivity index (χ4n) is 8.06. The summed E-state index contributed by atoms with van der Waals surface area (Å²) in [6.07, 6.45) is 0. The Labute approximate surface area is 309 Å². The molecule has 0 bridgehead atoms. The first-order valence-electron chi connectivity index (χ1n) is 17.8. The van der Waals surface area contributed by atoms with Crippen molar-refractivity contribution in [2.75, 3.05) is 0 Å². The molecule has 254 valence electrons. The predicted molar refractivity (Wildman–Crippen MR) is 216 cm³/mol. The molecule has 54 heavy (non-hydrogen) atoms. The second kappa shape index (κ2) is 12.4. The van der Waals surface area contributed by atoms with Crippen LogP contribution in [0.4, 0.5) is 8.78 Å². The lowest BCUT2D eigenvalue weighted by Gasteiger charge is -2.19. The summed E-state index contributed by atoms with van der Waals surface area (Å²) in [6, 6.07) is 59.4. The molecule has 0 amide bonds. The van der Waals surface area contributed by atoms with Gasteiger partial charge in [0.25, 0.3) is 0 Å². The van der Waals surface area contributed by atoms with Crippen molar-refractivity contribution in [3.8, 4) is 50.8 Å². The molecule has 10 rings (SSSR count). The maximum Gasteiger partial charge on any atom is 0.126 e. The first-order valence-corrected chi connectivity index (χ1v) is 17.8. The topological polar surface area (TPSA) is 33.6 Å². The molecule has 0 aliphatic heterocycles. The molecule has 0 aliphatic rings. The Kier molecular flexibility index (Phi) is 7.24. The van der Waals surface area contributed by atoms with E-state index in [2.05, 4.69) is 88.0 Å². The van der Waals surface area contributed by atoms with E-state index in [1.807, 2.05) is 84.9 Å². The van der Waals surface area contributed by atoms with Crippen molar-refractivity contribution in [2.45, 2.75) is 0 Å². The smallest absolute Gasteiger partial charge is 0.126 e. The van der Waals surface area contributed by atoms with Gasteiger partial charge in [-0.15, -0.1) is 0 Å². The second-order valence-corrected chi connectivity index (χ2v) is 13.6. The van der Waals surface area contributed by atoms with Crippen LogP contribution in [-0.2, 0) is 0 Å². The van der Waals surface area contributed by atoms with Gasteiger partial charge in [0, 0.05) is 33.2 Å². The van der Waals surface area contributed by atoms with E-state index in [1.165, 1.54) is 12.1 Å². The van der Waals surface area contributed by atoms with Gasteiger partial charge in [-0.3, -0.25) is 0 Å². The highest BCUT2D eigenvalue weighted by molar-refractivity contribution is 6.12. The molecule has 3 nitrogen and oxygen atoms in total. The number of para-hydroxylation sites is 2. The quantitative estimate of drug-likeness (QED) is 0.176. The highest BCUT2D eigenvalue weighted by Crippen LogP contribution is 2.42. The Morgan fingerprint density at radius 3 is 1.35 bits per heavy atom. The molecule has 10 aromatic rings. The average molecular weight is 698 g/mol. The summed E-state index contributed by atoms with van der Waals surface area (Å²) < 4.78 is 34.4. The standard InChI is InChI=1S/C49H29F2N3/c50-37-23-35(24-38(51)28-37)41-29-48(53-44-17-9-7-15-39(44)42-25-33(19-21-46(42)53)31-11-3-1-4-12-31)36(30-52)27-49(41)54-45-18-10-8-16-40(45)43-26-34(20-22-47(43)54)32-13-5-2-6-14-32/h1-29H. The highest BCUT2D eigenvalue weighted by Gasteiger charge is 2.22. The van der Waals surface area contributed by atoms with E-state index in [1.54, 1.807) is 0 Å². The molecule has 0 saturated carbocycles. The molecular formula is C49H29F2N3. The maximum absolute atomic E-state index is 15.1. The zero-order valence-electron chi connectivity index (χ0n) is 28.8. The zero-order chi connectivity index (χ0) is 36.3. The largest absolute Gasteiger partial charge is 0.309 e. The molecule has 0 fully saturated rings. The summed E-state index contributed by atoms with van der Waals surface area (Å²) >= 11 is 0. The van der Waals surface area contributed by atoms with Crippen molar-refractivity contribution >= 4 is 43.6 Å². The Morgan fingerprint density at radius 2 is 0.833 bits per heavy atom. The Balaban J connectivity index is 1.28. The number of fused-ring (bicyclic) bond motifs is 6. The number of hydrogen-bond acceptors (Lipinski definition) is 1. The highest BCUT2D eigenvalue weighted by atomic mass is 19.1. The van der Waals surface area contributed by atoms with Crippen molar-refractivity contribution in [2.24, 2.45) is 0 Å². The average Bonchev–Trinajstić information content (AvgIpc) is 3.72. The van der Waals surface area contributed by atoms with Crippen molar-refractivity contribution < 1.29 is 8.78 Å². The molecule has 0 atom stereocenters. The van der Waals surface area contributed by atoms with Gasteiger partial charge in [-0.1, -0.05) is 109 Å². The number of nitriles is 1. The van der Waals surface area contributed by atoms with Gasteiger partial charge in [-0.05, 0) is 88.5 Å². The summed E-state index contributed by atoms with van der Waals surface area (Å²) in [5.74, 6) is -1.36. The summed E-state index contributed by atoms with van der Waals surface area (Å²) in [4.78, 5) is 0. The minimum atomic E-state index is -0.679. The Hall–Kier alpha value is -7.29. The van der Waals surface area contributed by atoms with Crippen LogP contribution in [0.2, 0.25) is 0 Å². The lowest BCUT2D eigenvalue weighted by Crippen LogP contribution is -2.04. The number of aromatic nitrogens is 2. The van der Waals surface area contributed by atoms with Crippen LogP contribution < -0.4 is 0 Å². The van der Waals surface area contributed by atoms with E-state index in [0.29, 0.717) is 28.1 Å². The molecule has 2 aromatic heterocycles. The van der Waals surface area contributed by atoms with Gasteiger partial charge in [-0.25, -0.2) is 8.78 Å². The number of nitrogens with zero attached hydrogens (tertiary/aromatic N) is 3. The van der Waals surface area contributed by atoms with Crippen molar-refractivity contribution in [3.63, 3.8) is 0 Å². The van der Waals surface area contributed by atoms with Gasteiger partial charge in [0.2, 0.25) is 0 Å². The van der Waals surface area contributed by atoms with E-state index in [-0.39, 0.29) is 0 Å². The fraction of sp³-hybridized carbons (Fsp3) is 0. The first kappa shape index (κ1) is 31.4. The molecule has 0 unspecified atom stereocenters. The van der Waals surface area contributed by atoms with Gasteiger partial charge in [0.15, 0.2) is 0 Å². The van der Waals surface area contributed by atoms with E-state index >= 15 is 8.78 Å². The van der Waals surface area contributed by atoms with E-state index in [0.717, 1.165) is 71.9 Å². The van der Waals surface area contributed by atoms with Crippen molar-refractivity contribution in [1.82, 2.24) is 9.13 Å². The number of rotatable bonds is 5. The molecular weight excluding hydrogens is 669 g/mol. The third kappa shape index (κ3) is 5.00. The third-order valence-corrected chi connectivity index (χ3v) is 10.4. The Bertz CT molecular complexity index is 3110. The second-order valence-electron chi connectivity index (χ2n) is 13.6. The van der Waals surface area contributed by atoms with Gasteiger partial charge >= 0.3 is 0 Å². The van der Waals surface area contributed by atoms with Gasteiger partial charge in [0.1, 0.15) is 17.7 Å². The lowest BCUT2D eigenvalue weighted by molar-refractivity contribution is 0.584. The van der Waals surface area contributed by atoms with E-state index in [9.17, 15) is 5.26 Å². The summed E-state index contributed by atoms with van der Waals surface area (Å²) in [6.45, 7) is 0. The van der Waals surface area contributed by atoms with Gasteiger partial charge in [-0.2, -0.15) is 5.26 Å². The monoisotopic (exact) mass is 697 g/mol. The fourth-order valence-corrected chi connectivity index (χ4v) is 8.06. The summed E-state index contributed by atoms with van der Waals surface area (Å²) in [7, 11) is 0. The number of hydrogen-bond donors (Lipinski definition) is 0. The van der Waals surface area contributed by atoms with Crippen LogP contribution in [0.15, 0.2) is 176 Å². The predicted octanol–water partition coefficient (Wildman–Crippen LogP) is 13.0. The van der Waals surface area contributed by atoms with Crippen LogP contribution in [0.1, 0.15) is 5.56 Å². The molecule has 2 heterocycles. The van der Waals surface area contributed by atoms with E-state index in [4.69, 9.17) is 0 Å². The minimum absolute atomic E-state index is 0.368. The normalized spacial score (nSPS) is 11.5. The SMILES string of the molecule is N#Cc1cc(-n2c3ccccc3c3cc(-c4ccccc4)ccc32)c(-c2cc(F)cc(F)c2)cc1-n1c2ccccc2c2cc(-c3ccccc3)ccc21. The van der Waals surface area contributed by atoms with Crippen LogP contribution in [0.3, 0.4) is 0 Å². The Morgan fingerprint density at radius 1 is 0.370 bits per heavy atom. The first-order chi connectivity index (χ1) is 26.6. The van der Waals surface area contributed by atoms with Crippen molar-refractivity contribution in [1.29, 1.82) is 5.26 Å². The minimum Gasteiger partial charge on any atom is -0.309 e. The van der Waals surface area contributed by atoms with Crippen LogP contribution in [0.25, 0.3) is 88.4 Å². The zero-order valence-corrected chi connectivity index (χ0v) is 28.8. The van der Waals surface area contributed by atoms with Crippen LogP contribution in [0.5, 0.6) is 0 Å². The van der Waals surface area contributed by atoms with Gasteiger partial charge < -0.3 is 9.13 Å². The van der Waals surface area contributed by atoms with Gasteiger partial charge in [0.05, 0.1) is 39.0 Å². The third-order valence-electron chi connectivity index (χ3n) is 10.4. The number of benzene rings is 8. The van der Waals surface area contributed by atoms with Crippen LogP contribution in [0, 0.1) is 23.0 Å². The molecule has 0 spiro atoms. The van der Waals surface area contributed by atoms with Crippen molar-refractivity contribution in [3.05, 3.63) is 193 Å². The van der Waals surface area contributed by atoms with Crippen LogP contribution >= 0.6 is 0 Å².